The van der Waals surface area contributed by atoms with Gasteiger partial charge in [-0.05, 0) is 42.7 Å². The van der Waals surface area contributed by atoms with Gasteiger partial charge in [0.1, 0.15) is 17.1 Å². The van der Waals surface area contributed by atoms with Gasteiger partial charge < -0.3 is 9.52 Å². The molecule has 4 rings (SSSR count). The number of hydrogen-bond donors (Lipinski definition) is 1. The van der Waals surface area contributed by atoms with Gasteiger partial charge in [-0.25, -0.2) is 0 Å². The summed E-state index contributed by atoms with van der Waals surface area (Å²) in [6.45, 7) is 0. The van der Waals surface area contributed by atoms with E-state index in [9.17, 15) is 5.11 Å². The normalized spacial score (nSPS) is 13.3. The Hall–Kier alpha value is -2.22. The van der Waals surface area contributed by atoms with Crippen LogP contribution in [0.3, 0.4) is 0 Å². The van der Waals surface area contributed by atoms with E-state index < -0.39 is 0 Å². The van der Waals surface area contributed by atoms with E-state index in [1.807, 2.05) is 30.3 Å². The van der Waals surface area contributed by atoms with Crippen LogP contribution in [0.4, 0.5) is 0 Å². The zero-order valence-corrected chi connectivity index (χ0v) is 9.81. The first-order chi connectivity index (χ1) is 8.83. The SMILES string of the molecule is Oc1ccc2c(c1)CCc1c-2oc2ccccc12. The molecule has 0 atom stereocenters. The Morgan fingerprint density at radius 1 is 1.00 bits per heavy atom. The van der Waals surface area contributed by atoms with Gasteiger partial charge >= 0.3 is 0 Å². The predicted octanol–water partition coefficient (Wildman–Crippen LogP) is 3.90. The molecule has 0 bridgehead atoms. The van der Waals surface area contributed by atoms with Crippen LogP contribution in [-0.2, 0) is 12.8 Å². The molecule has 0 radical (unpaired) electrons. The van der Waals surface area contributed by atoms with Crippen molar-refractivity contribution in [2.75, 3.05) is 0 Å². The molecule has 2 nitrogen and oxygen atoms in total. The first kappa shape index (κ1) is 9.77. The van der Waals surface area contributed by atoms with Crippen molar-refractivity contribution in [1.29, 1.82) is 0 Å². The lowest BCUT2D eigenvalue weighted by molar-refractivity contribution is 0.474. The fourth-order valence-corrected chi connectivity index (χ4v) is 2.83. The maximum atomic E-state index is 9.55. The summed E-state index contributed by atoms with van der Waals surface area (Å²) in [5, 5.41) is 10.8. The summed E-state index contributed by atoms with van der Waals surface area (Å²) in [6, 6.07) is 13.7. The fraction of sp³-hybridized carbons (Fsp3) is 0.125. The van der Waals surface area contributed by atoms with Gasteiger partial charge in [0.25, 0.3) is 0 Å². The molecule has 0 saturated heterocycles. The second-order valence-corrected chi connectivity index (χ2v) is 4.75. The van der Waals surface area contributed by atoms with Crippen LogP contribution in [0.1, 0.15) is 11.1 Å². The van der Waals surface area contributed by atoms with Gasteiger partial charge in [-0.15, -0.1) is 0 Å². The van der Waals surface area contributed by atoms with Crippen LogP contribution in [0.5, 0.6) is 5.75 Å². The Bertz CT molecular complexity index is 753. The van der Waals surface area contributed by atoms with E-state index in [-0.39, 0.29) is 0 Å². The number of aryl methyl sites for hydroxylation is 2. The van der Waals surface area contributed by atoms with Crippen molar-refractivity contribution in [1.82, 2.24) is 0 Å². The van der Waals surface area contributed by atoms with Crippen LogP contribution in [0, 0.1) is 0 Å². The summed E-state index contributed by atoms with van der Waals surface area (Å²) in [5.74, 6) is 1.30. The molecular weight excluding hydrogens is 224 g/mol. The van der Waals surface area contributed by atoms with Crippen LogP contribution in [0.15, 0.2) is 46.9 Å². The van der Waals surface area contributed by atoms with E-state index in [0.29, 0.717) is 5.75 Å². The maximum Gasteiger partial charge on any atom is 0.138 e. The minimum absolute atomic E-state index is 0.327. The third-order valence-corrected chi connectivity index (χ3v) is 3.68. The standard InChI is InChI=1S/C16H12O2/c17-11-6-8-12-10(9-11)5-7-14-13-3-1-2-4-15(13)18-16(12)14/h1-4,6,8-9,17H,5,7H2. The smallest absolute Gasteiger partial charge is 0.138 e. The van der Waals surface area contributed by atoms with Crippen LogP contribution in [0.2, 0.25) is 0 Å². The fourth-order valence-electron chi connectivity index (χ4n) is 2.83. The van der Waals surface area contributed by atoms with E-state index in [1.54, 1.807) is 6.07 Å². The van der Waals surface area contributed by atoms with E-state index in [0.717, 1.165) is 29.7 Å². The zero-order chi connectivity index (χ0) is 12.1. The number of aromatic hydroxyl groups is 1. The van der Waals surface area contributed by atoms with Crippen molar-refractivity contribution in [3.05, 3.63) is 53.6 Å². The zero-order valence-electron chi connectivity index (χ0n) is 9.81. The average molecular weight is 236 g/mol. The molecule has 2 heteroatoms. The van der Waals surface area contributed by atoms with Crippen molar-refractivity contribution >= 4 is 11.0 Å². The molecule has 0 spiro atoms. The van der Waals surface area contributed by atoms with Gasteiger partial charge in [0.15, 0.2) is 0 Å². The lowest BCUT2D eigenvalue weighted by Gasteiger charge is -2.15. The van der Waals surface area contributed by atoms with Gasteiger partial charge in [0.05, 0.1) is 0 Å². The van der Waals surface area contributed by atoms with Crippen molar-refractivity contribution in [2.24, 2.45) is 0 Å². The Morgan fingerprint density at radius 3 is 2.83 bits per heavy atom. The highest BCUT2D eigenvalue weighted by Crippen LogP contribution is 2.40. The van der Waals surface area contributed by atoms with E-state index >= 15 is 0 Å². The Kier molecular flexibility index (Phi) is 1.84. The molecule has 1 aliphatic carbocycles. The molecule has 1 aromatic heterocycles. The van der Waals surface area contributed by atoms with Crippen LogP contribution >= 0.6 is 0 Å². The number of furan rings is 1. The number of phenols is 1. The quantitative estimate of drug-likeness (QED) is 0.642. The summed E-state index contributed by atoms with van der Waals surface area (Å²) in [7, 11) is 0. The molecule has 2 aromatic carbocycles. The van der Waals surface area contributed by atoms with Crippen molar-refractivity contribution in [3.63, 3.8) is 0 Å². The van der Waals surface area contributed by atoms with Crippen LogP contribution in [-0.4, -0.2) is 5.11 Å². The molecule has 0 unspecified atom stereocenters. The Balaban J connectivity index is 2.06. The van der Waals surface area contributed by atoms with Crippen molar-refractivity contribution in [2.45, 2.75) is 12.8 Å². The molecule has 88 valence electrons. The number of fused-ring (bicyclic) bond motifs is 5. The van der Waals surface area contributed by atoms with Gasteiger partial charge in [-0.3, -0.25) is 0 Å². The minimum atomic E-state index is 0.327. The molecule has 0 saturated carbocycles. The third kappa shape index (κ3) is 1.23. The average Bonchev–Trinajstić information content (AvgIpc) is 2.77. The number of benzene rings is 2. The van der Waals surface area contributed by atoms with Gasteiger partial charge in [-0.2, -0.15) is 0 Å². The lowest BCUT2D eigenvalue weighted by atomic mass is 9.89. The monoisotopic (exact) mass is 236 g/mol. The highest BCUT2D eigenvalue weighted by molar-refractivity contribution is 5.89. The molecule has 0 amide bonds. The molecule has 3 aromatic rings. The van der Waals surface area contributed by atoms with Gasteiger partial charge in [0, 0.05) is 16.5 Å². The Morgan fingerprint density at radius 2 is 1.89 bits per heavy atom. The van der Waals surface area contributed by atoms with Crippen molar-refractivity contribution in [3.8, 4) is 17.1 Å². The maximum absolute atomic E-state index is 9.55. The number of rotatable bonds is 0. The van der Waals surface area contributed by atoms with Gasteiger partial charge in [-0.1, -0.05) is 18.2 Å². The van der Waals surface area contributed by atoms with Crippen LogP contribution < -0.4 is 0 Å². The summed E-state index contributed by atoms with van der Waals surface area (Å²) < 4.78 is 5.98. The molecule has 18 heavy (non-hydrogen) atoms. The molecule has 1 heterocycles. The second kappa shape index (κ2) is 3.39. The molecule has 1 aliphatic rings. The van der Waals surface area contributed by atoms with Crippen LogP contribution in [0.25, 0.3) is 22.3 Å². The predicted molar refractivity (Wildman–Crippen MR) is 70.7 cm³/mol. The minimum Gasteiger partial charge on any atom is -0.508 e. The van der Waals surface area contributed by atoms with E-state index in [1.165, 1.54) is 16.5 Å². The van der Waals surface area contributed by atoms with E-state index in [2.05, 4.69) is 6.07 Å². The summed E-state index contributed by atoms with van der Waals surface area (Å²) in [6.07, 6.45) is 1.93. The molecule has 0 fully saturated rings. The van der Waals surface area contributed by atoms with Crippen molar-refractivity contribution < 1.29 is 9.52 Å². The Labute approximate surface area is 104 Å². The lowest BCUT2D eigenvalue weighted by Crippen LogP contribution is -2.01. The number of phenolic OH excluding ortho intramolecular Hbond substituents is 1. The highest BCUT2D eigenvalue weighted by atomic mass is 16.3. The number of para-hydroxylation sites is 1. The molecule has 1 N–H and O–H groups in total. The second-order valence-electron chi connectivity index (χ2n) is 4.75. The summed E-state index contributed by atoms with van der Waals surface area (Å²) in [4.78, 5) is 0. The number of hydrogen-bond acceptors (Lipinski definition) is 2. The topological polar surface area (TPSA) is 33.4 Å². The molecular formula is C16H12O2. The van der Waals surface area contributed by atoms with E-state index in [4.69, 9.17) is 4.42 Å². The third-order valence-electron chi connectivity index (χ3n) is 3.68. The summed E-state index contributed by atoms with van der Waals surface area (Å²) >= 11 is 0. The largest absolute Gasteiger partial charge is 0.508 e. The molecule has 0 aliphatic heterocycles. The first-order valence-electron chi connectivity index (χ1n) is 6.15. The van der Waals surface area contributed by atoms with Gasteiger partial charge in [0.2, 0.25) is 0 Å². The first-order valence-corrected chi connectivity index (χ1v) is 6.15. The highest BCUT2D eigenvalue weighted by Gasteiger charge is 2.22. The summed E-state index contributed by atoms with van der Waals surface area (Å²) in [5.41, 5.74) is 4.53.